The molecule has 0 radical (unpaired) electrons. The molecule has 20 heavy (non-hydrogen) atoms. The van der Waals surface area contributed by atoms with Gasteiger partial charge < -0.3 is 15.2 Å². The van der Waals surface area contributed by atoms with Crippen LogP contribution in [-0.2, 0) is 0 Å². The molecule has 0 fully saturated rings. The molecule has 0 bridgehead atoms. The first kappa shape index (κ1) is 16.6. The van der Waals surface area contributed by atoms with E-state index in [1.165, 1.54) is 18.2 Å². The van der Waals surface area contributed by atoms with Gasteiger partial charge in [0.25, 0.3) is 0 Å². The van der Waals surface area contributed by atoms with Crippen molar-refractivity contribution in [2.45, 2.75) is 18.5 Å². The third kappa shape index (κ3) is 5.30. The number of para-hydroxylation sites is 1. The van der Waals surface area contributed by atoms with Gasteiger partial charge in [-0.05, 0) is 12.1 Å². The number of nitrogens with one attached hydrogen (secondary N) is 1. The number of hydrogen-bond acceptors (Lipinski definition) is 3. The standard InChI is InChI=1S/C12H14F5NO2/c13-9-3-1-2-4-10(9)20-6-8(19)5-18-7-12(16,17)11(14)15/h1-4,8,11,18-19H,5-7H2. The van der Waals surface area contributed by atoms with Crippen molar-refractivity contribution in [2.24, 2.45) is 0 Å². The predicted molar refractivity (Wildman–Crippen MR) is 61.7 cm³/mol. The van der Waals surface area contributed by atoms with Gasteiger partial charge in [-0.2, -0.15) is 8.78 Å². The van der Waals surface area contributed by atoms with Crippen molar-refractivity contribution in [3.05, 3.63) is 30.1 Å². The van der Waals surface area contributed by atoms with Crippen LogP contribution in [0.15, 0.2) is 24.3 Å². The molecular weight excluding hydrogens is 285 g/mol. The van der Waals surface area contributed by atoms with E-state index in [-0.39, 0.29) is 18.9 Å². The summed E-state index contributed by atoms with van der Waals surface area (Å²) < 4.78 is 66.8. The summed E-state index contributed by atoms with van der Waals surface area (Å²) >= 11 is 0. The van der Waals surface area contributed by atoms with Crippen molar-refractivity contribution in [3.8, 4) is 5.75 Å². The Morgan fingerprint density at radius 1 is 1.25 bits per heavy atom. The number of aliphatic hydroxyl groups excluding tert-OH is 1. The number of aliphatic hydroxyl groups is 1. The Balaban J connectivity index is 2.28. The van der Waals surface area contributed by atoms with Crippen LogP contribution in [0.5, 0.6) is 5.75 Å². The van der Waals surface area contributed by atoms with Crippen LogP contribution in [0.2, 0.25) is 0 Å². The Morgan fingerprint density at radius 3 is 2.50 bits per heavy atom. The first-order valence-electron chi connectivity index (χ1n) is 5.75. The number of ether oxygens (including phenoxy) is 1. The molecule has 0 aromatic heterocycles. The van der Waals surface area contributed by atoms with E-state index in [1.54, 1.807) is 0 Å². The minimum Gasteiger partial charge on any atom is -0.488 e. The molecule has 114 valence electrons. The van der Waals surface area contributed by atoms with Crippen molar-refractivity contribution in [1.82, 2.24) is 5.32 Å². The zero-order valence-corrected chi connectivity index (χ0v) is 10.3. The lowest BCUT2D eigenvalue weighted by Crippen LogP contribution is -2.42. The lowest BCUT2D eigenvalue weighted by atomic mass is 10.3. The molecule has 0 aliphatic carbocycles. The largest absolute Gasteiger partial charge is 0.488 e. The van der Waals surface area contributed by atoms with Gasteiger partial charge in [0.15, 0.2) is 11.6 Å². The maximum absolute atomic E-state index is 13.1. The summed E-state index contributed by atoms with van der Waals surface area (Å²) in [6.45, 7) is -1.99. The second-order valence-electron chi connectivity index (χ2n) is 4.09. The third-order valence-corrected chi connectivity index (χ3v) is 2.33. The highest BCUT2D eigenvalue weighted by atomic mass is 19.3. The van der Waals surface area contributed by atoms with Crippen LogP contribution in [0, 0.1) is 5.82 Å². The van der Waals surface area contributed by atoms with Gasteiger partial charge >= 0.3 is 12.3 Å². The highest BCUT2D eigenvalue weighted by Gasteiger charge is 2.40. The van der Waals surface area contributed by atoms with E-state index in [1.807, 2.05) is 5.32 Å². The normalized spacial score (nSPS) is 13.6. The quantitative estimate of drug-likeness (QED) is 0.722. The van der Waals surface area contributed by atoms with E-state index in [0.29, 0.717) is 0 Å². The summed E-state index contributed by atoms with van der Waals surface area (Å²) in [6.07, 6.45) is -5.01. The third-order valence-electron chi connectivity index (χ3n) is 2.33. The van der Waals surface area contributed by atoms with Gasteiger partial charge in [-0.3, -0.25) is 0 Å². The van der Waals surface area contributed by atoms with E-state index in [0.717, 1.165) is 6.07 Å². The second-order valence-corrected chi connectivity index (χ2v) is 4.09. The lowest BCUT2D eigenvalue weighted by molar-refractivity contribution is -0.125. The van der Waals surface area contributed by atoms with Crippen LogP contribution in [0.25, 0.3) is 0 Å². The maximum Gasteiger partial charge on any atom is 0.319 e. The van der Waals surface area contributed by atoms with Gasteiger partial charge in [0.2, 0.25) is 0 Å². The molecule has 1 unspecified atom stereocenters. The summed E-state index contributed by atoms with van der Waals surface area (Å²) in [5, 5.41) is 11.4. The smallest absolute Gasteiger partial charge is 0.319 e. The molecule has 0 spiro atoms. The van der Waals surface area contributed by atoms with Gasteiger partial charge in [0.1, 0.15) is 12.7 Å². The number of benzene rings is 1. The summed E-state index contributed by atoms with van der Waals surface area (Å²) in [5.74, 6) is -4.88. The van der Waals surface area contributed by atoms with Crippen molar-refractivity contribution < 1.29 is 31.8 Å². The molecule has 0 aliphatic rings. The van der Waals surface area contributed by atoms with Crippen LogP contribution in [0.4, 0.5) is 22.0 Å². The number of halogens is 5. The van der Waals surface area contributed by atoms with Gasteiger partial charge in [-0.15, -0.1) is 0 Å². The van der Waals surface area contributed by atoms with E-state index >= 15 is 0 Å². The molecule has 1 atom stereocenters. The van der Waals surface area contributed by atoms with Crippen molar-refractivity contribution in [1.29, 1.82) is 0 Å². The van der Waals surface area contributed by atoms with Gasteiger partial charge in [0.05, 0.1) is 6.54 Å². The SMILES string of the molecule is OC(CNCC(F)(F)C(F)F)COc1ccccc1F. The van der Waals surface area contributed by atoms with Crippen molar-refractivity contribution >= 4 is 0 Å². The van der Waals surface area contributed by atoms with Crippen LogP contribution >= 0.6 is 0 Å². The zero-order valence-electron chi connectivity index (χ0n) is 10.3. The minimum absolute atomic E-state index is 0.0931. The first-order chi connectivity index (χ1) is 9.33. The molecule has 8 heteroatoms. The van der Waals surface area contributed by atoms with Crippen LogP contribution in [0.1, 0.15) is 0 Å². The van der Waals surface area contributed by atoms with Gasteiger partial charge in [-0.25, -0.2) is 13.2 Å². The number of hydrogen-bond donors (Lipinski definition) is 2. The fourth-order valence-electron chi connectivity index (χ4n) is 1.29. The maximum atomic E-state index is 13.1. The first-order valence-corrected chi connectivity index (χ1v) is 5.75. The van der Waals surface area contributed by atoms with Crippen LogP contribution < -0.4 is 10.1 Å². The Hall–Kier alpha value is -1.41. The Morgan fingerprint density at radius 2 is 1.90 bits per heavy atom. The Bertz CT molecular complexity index is 417. The molecule has 1 aromatic rings. The Kier molecular flexibility index (Phi) is 6.15. The number of rotatable bonds is 8. The van der Waals surface area contributed by atoms with Gasteiger partial charge in [-0.1, -0.05) is 12.1 Å². The average Bonchev–Trinajstić information content (AvgIpc) is 2.37. The zero-order chi connectivity index (χ0) is 15.2. The average molecular weight is 299 g/mol. The molecule has 0 aliphatic heterocycles. The molecule has 0 heterocycles. The summed E-state index contributed by atoms with van der Waals surface area (Å²) in [7, 11) is 0. The summed E-state index contributed by atoms with van der Waals surface area (Å²) in [5.41, 5.74) is 0. The number of alkyl halides is 4. The van der Waals surface area contributed by atoms with Gasteiger partial charge in [0, 0.05) is 6.54 Å². The topological polar surface area (TPSA) is 41.5 Å². The summed E-state index contributed by atoms with van der Waals surface area (Å²) in [4.78, 5) is 0. The highest BCUT2D eigenvalue weighted by Crippen LogP contribution is 2.21. The molecule has 3 nitrogen and oxygen atoms in total. The van der Waals surface area contributed by atoms with Crippen molar-refractivity contribution in [3.63, 3.8) is 0 Å². The Labute approximate surface area is 112 Å². The van der Waals surface area contributed by atoms with Crippen LogP contribution in [-0.4, -0.2) is 43.3 Å². The predicted octanol–water partition coefficient (Wildman–Crippen LogP) is 2.06. The second kappa shape index (κ2) is 7.39. The van der Waals surface area contributed by atoms with Crippen molar-refractivity contribution in [2.75, 3.05) is 19.7 Å². The highest BCUT2D eigenvalue weighted by molar-refractivity contribution is 5.23. The molecule has 1 aromatic carbocycles. The molecule has 0 amide bonds. The fraction of sp³-hybridized carbons (Fsp3) is 0.500. The van der Waals surface area contributed by atoms with E-state index in [4.69, 9.17) is 4.74 Å². The molecule has 0 saturated carbocycles. The lowest BCUT2D eigenvalue weighted by Gasteiger charge is -2.18. The van der Waals surface area contributed by atoms with E-state index in [2.05, 4.69) is 0 Å². The molecule has 1 rings (SSSR count). The van der Waals surface area contributed by atoms with E-state index in [9.17, 15) is 27.1 Å². The minimum atomic E-state index is -4.16. The van der Waals surface area contributed by atoms with Crippen LogP contribution in [0.3, 0.4) is 0 Å². The van der Waals surface area contributed by atoms with E-state index < -0.39 is 30.8 Å². The molecule has 2 N–H and O–H groups in total. The fourth-order valence-corrected chi connectivity index (χ4v) is 1.29. The molecule has 0 saturated heterocycles. The molecular formula is C12H14F5NO2. The monoisotopic (exact) mass is 299 g/mol. The summed E-state index contributed by atoms with van der Waals surface area (Å²) in [6, 6.07) is 5.46.